The van der Waals surface area contributed by atoms with Gasteiger partial charge in [-0.3, -0.25) is 14.4 Å². The SMILES string of the molecule is Cc1nc2n(n1)CC(=O)NCCCN(S(=O)(=O)c1cccc(C(F)(F)F)c1)CCCC(=O)N[C@H](Cc1ccccc1)C(=O)N[C@H]2C(C)C. The minimum atomic E-state index is -4.75. The number of fused-ring (bicyclic) bond motifs is 1. The number of halogens is 3. The molecule has 0 spiro atoms. The van der Waals surface area contributed by atoms with Crippen LogP contribution in [0.15, 0.2) is 59.5 Å². The lowest BCUT2D eigenvalue weighted by Crippen LogP contribution is -2.50. The number of carbonyl (C=O) groups is 3. The molecular weight excluding hydrogens is 651 g/mol. The Balaban J connectivity index is 1.64. The van der Waals surface area contributed by atoms with Gasteiger partial charge in [0.2, 0.25) is 27.7 Å². The van der Waals surface area contributed by atoms with Gasteiger partial charge in [0.25, 0.3) is 0 Å². The zero-order valence-electron chi connectivity index (χ0n) is 27.0. The molecule has 12 nitrogen and oxygen atoms in total. The Bertz CT molecular complexity index is 1700. The standard InChI is InChI=1S/C32H40F3N7O5S/c1-21(2)29-30-37-22(3)40-42(30)20-28(44)36-15-9-17-41(48(46,47)25-13-7-12-24(19-25)32(33,34)35)16-8-14-27(43)38-26(31(45)39-29)18-23-10-5-4-6-11-23/h4-7,10-13,19,21,26,29H,8-9,14-18,20H2,1-3H3,(H,36,44)(H,38,43)(H,39,45)/t26-,29+/m1/s1. The van der Waals surface area contributed by atoms with E-state index in [1.54, 1.807) is 6.92 Å². The molecule has 0 bridgehead atoms. The van der Waals surface area contributed by atoms with Crippen molar-refractivity contribution in [2.24, 2.45) is 5.92 Å². The molecule has 0 fully saturated rings. The molecule has 1 aromatic heterocycles. The molecule has 48 heavy (non-hydrogen) atoms. The summed E-state index contributed by atoms with van der Waals surface area (Å²) < 4.78 is 69.7. The Morgan fingerprint density at radius 2 is 1.67 bits per heavy atom. The first-order valence-corrected chi connectivity index (χ1v) is 17.1. The van der Waals surface area contributed by atoms with E-state index in [0.29, 0.717) is 17.7 Å². The molecule has 2 aromatic carbocycles. The number of alkyl halides is 3. The lowest BCUT2D eigenvalue weighted by molar-refractivity contribution is -0.137. The van der Waals surface area contributed by atoms with E-state index in [0.717, 1.165) is 28.1 Å². The third-order valence-electron chi connectivity index (χ3n) is 7.79. The minimum Gasteiger partial charge on any atom is -0.354 e. The van der Waals surface area contributed by atoms with E-state index in [2.05, 4.69) is 26.0 Å². The first-order chi connectivity index (χ1) is 22.6. The van der Waals surface area contributed by atoms with Crippen molar-refractivity contribution in [1.82, 2.24) is 35.0 Å². The zero-order chi connectivity index (χ0) is 35.1. The van der Waals surface area contributed by atoms with Crippen LogP contribution in [0, 0.1) is 12.8 Å². The predicted molar refractivity (Wildman–Crippen MR) is 170 cm³/mol. The van der Waals surface area contributed by atoms with Gasteiger partial charge in [-0.15, -0.1) is 0 Å². The number of aryl methyl sites for hydroxylation is 1. The minimum absolute atomic E-state index is 0.0209. The van der Waals surface area contributed by atoms with Crippen molar-refractivity contribution < 1.29 is 36.0 Å². The van der Waals surface area contributed by atoms with E-state index in [1.807, 2.05) is 44.2 Å². The van der Waals surface area contributed by atoms with E-state index in [9.17, 15) is 36.0 Å². The van der Waals surface area contributed by atoms with Crippen LogP contribution in [0.5, 0.6) is 0 Å². The molecule has 3 N–H and O–H groups in total. The van der Waals surface area contributed by atoms with Gasteiger partial charge in [0.15, 0.2) is 5.82 Å². The summed E-state index contributed by atoms with van der Waals surface area (Å²) in [5, 5.41) is 12.8. The number of rotatable bonds is 5. The van der Waals surface area contributed by atoms with E-state index in [4.69, 9.17) is 0 Å². The summed E-state index contributed by atoms with van der Waals surface area (Å²) in [5.41, 5.74) is -0.322. The molecule has 1 aliphatic rings. The number of hydrogen-bond acceptors (Lipinski definition) is 7. The van der Waals surface area contributed by atoms with Gasteiger partial charge in [-0.2, -0.15) is 22.6 Å². The van der Waals surface area contributed by atoms with Crippen molar-refractivity contribution in [2.75, 3.05) is 19.6 Å². The molecule has 260 valence electrons. The van der Waals surface area contributed by atoms with Crippen LogP contribution in [0.1, 0.15) is 61.9 Å². The summed E-state index contributed by atoms with van der Waals surface area (Å²) in [6, 6.07) is 10.9. The van der Waals surface area contributed by atoms with Crippen LogP contribution < -0.4 is 16.0 Å². The summed E-state index contributed by atoms with van der Waals surface area (Å²) in [6.45, 7) is 4.93. The van der Waals surface area contributed by atoms with Crippen molar-refractivity contribution in [3.63, 3.8) is 0 Å². The first kappa shape index (κ1) is 36.5. The number of sulfonamides is 1. The highest BCUT2D eigenvalue weighted by molar-refractivity contribution is 7.89. The number of aromatic nitrogens is 3. The lowest BCUT2D eigenvalue weighted by atomic mass is 10.0. The van der Waals surface area contributed by atoms with Crippen LogP contribution in [0.25, 0.3) is 0 Å². The molecule has 4 rings (SSSR count). The quantitative estimate of drug-likeness (QED) is 0.372. The van der Waals surface area contributed by atoms with Gasteiger partial charge in [-0.05, 0) is 49.4 Å². The normalized spacial score (nSPS) is 19.9. The van der Waals surface area contributed by atoms with Crippen LogP contribution in [0.3, 0.4) is 0 Å². The molecule has 2 atom stereocenters. The number of hydrogen-bond donors (Lipinski definition) is 3. The fourth-order valence-electron chi connectivity index (χ4n) is 5.35. The second kappa shape index (κ2) is 15.7. The van der Waals surface area contributed by atoms with Crippen molar-refractivity contribution in [2.45, 2.75) is 76.2 Å². The molecular formula is C32H40F3N7O5S. The van der Waals surface area contributed by atoms with Crippen molar-refractivity contribution in [3.05, 3.63) is 77.4 Å². The van der Waals surface area contributed by atoms with E-state index < -0.39 is 56.5 Å². The Hall–Kier alpha value is -4.31. The average Bonchev–Trinajstić information content (AvgIpc) is 3.38. The monoisotopic (exact) mass is 691 g/mol. The van der Waals surface area contributed by atoms with Crippen LogP contribution in [-0.4, -0.2) is 70.9 Å². The molecule has 0 saturated heterocycles. The average molecular weight is 692 g/mol. The van der Waals surface area contributed by atoms with Gasteiger partial charge in [-0.25, -0.2) is 18.1 Å². The largest absolute Gasteiger partial charge is 0.416 e. The van der Waals surface area contributed by atoms with Crippen LogP contribution >= 0.6 is 0 Å². The molecule has 0 aliphatic carbocycles. The van der Waals surface area contributed by atoms with Crippen molar-refractivity contribution in [3.8, 4) is 0 Å². The Kier molecular flexibility index (Phi) is 12.0. The second-order valence-corrected chi connectivity index (χ2v) is 13.9. The fraction of sp³-hybridized carbons (Fsp3) is 0.469. The Morgan fingerprint density at radius 3 is 2.35 bits per heavy atom. The lowest BCUT2D eigenvalue weighted by Gasteiger charge is -2.26. The van der Waals surface area contributed by atoms with E-state index in [-0.39, 0.29) is 57.8 Å². The highest BCUT2D eigenvalue weighted by atomic mass is 32.2. The van der Waals surface area contributed by atoms with Gasteiger partial charge in [0, 0.05) is 32.5 Å². The van der Waals surface area contributed by atoms with Crippen molar-refractivity contribution in [1.29, 1.82) is 0 Å². The van der Waals surface area contributed by atoms with Crippen molar-refractivity contribution >= 4 is 27.7 Å². The van der Waals surface area contributed by atoms with Crippen LogP contribution in [-0.2, 0) is 43.5 Å². The number of amides is 3. The maximum Gasteiger partial charge on any atom is 0.416 e. The molecule has 0 radical (unpaired) electrons. The topological polar surface area (TPSA) is 155 Å². The molecule has 0 unspecified atom stereocenters. The van der Waals surface area contributed by atoms with Gasteiger partial charge in [-0.1, -0.05) is 50.2 Å². The summed E-state index contributed by atoms with van der Waals surface area (Å²) in [6.07, 6.45) is -4.59. The summed E-state index contributed by atoms with van der Waals surface area (Å²) >= 11 is 0. The fourth-order valence-corrected chi connectivity index (χ4v) is 6.92. The molecule has 16 heteroatoms. The molecule has 3 amide bonds. The van der Waals surface area contributed by atoms with E-state index in [1.165, 1.54) is 4.68 Å². The zero-order valence-corrected chi connectivity index (χ0v) is 27.8. The predicted octanol–water partition coefficient (Wildman–Crippen LogP) is 3.14. The van der Waals surface area contributed by atoms with E-state index >= 15 is 0 Å². The van der Waals surface area contributed by atoms with Crippen LogP contribution in [0.4, 0.5) is 13.2 Å². The number of carbonyl (C=O) groups excluding carboxylic acids is 3. The number of nitrogens with zero attached hydrogens (tertiary/aromatic N) is 4. The van der Waals surface area contributed by atoms with Gasteiger partial charge >= 0.3 is 6.18 Å². The van der Waals surface area contributed by atoms with Gasteiger partial charge in [0.05, 0.1) is 16.5 Å². The highest BCUT2D eigenvalue weighted by Crippen LogP contribution is 2.31. The summed E-state index contributed by atoms with van der Waals surface area (Å²) in [7, 11) is -4.41. The molecule has 0 saturated carbocycles. The van der Waals surface area contributed by atoms with Gasteiger partial charge < -0.3 is 16.0 Å². The molecule has 3 aromatic rings. The Labute approximate surface area is 277 Å². The number of nitrogens with one attached hydrogen (secondary N) is 3. The summed E-state index contributed by atoms with van der Waals surface area (Å²) in [4.78, 5) is 43.8. The molecule has 1 aliphatic heterocycles. The number of benzene rings is 2. The maximum atomic E-state index is 13.8. The maximum absolute atomic E-state index is 13.8. The smallest absolute Gasteiger partial charge is 0.354 e. The third-order valence-corrected chi connectivity index (χ3v) is 9.69. The Morgan fingerprint density at radius 1 is 0.958 bits per heavy atom. The van der Waals surface area contributed by atoms with Crippen LogP contribution in [0.2, 0.25) is 0 Å². The second-order valence-electron chi connectivity index (χ2n) is 12.0. The summed E-state index contributed by atoms with van der Waals surface area (Å²) in [5.74, 6) is -0.850. The first-order valence-electron chi connectivity index (χ1n) is 15.6. The van der Waals surface area contributed by atoms with Gasteiger partial charge in [0.1, 0.15) is 18.4 Å². The third kappa shape index (κ3) is 9.62. The molecule has 2 heterocycles. The highest BCUT2D eigenvalue weighted by Gasteiger charge is 2.34.